The number of hydrogen-bond acceptors (Lipinski definition) is 3. The van der Waals surface area contributed by atoms with E-state index in [4.69, 9.17) is 10.8 Å². The maximum absolute atomic E-state index is 12.8. The predicted molar refractivity (Wildman–Crippen MR) is 43.0 cm³/mol. The molecule has 66 valence electrons. The summed E-state index contributed by atoms with van der Waals surface area (Å²) in [5.74, 6) is -0.513. The third-order valence-corrected chi connectivity index (χ3v) is 1.55. The van der Waals surface area contributed by atoms with E-state index in [9.17, 15) is 4.39 Å². The van der Waals surface area contributed by atoms with Gasteiger partial charge in [0.2, 0.25) is 5.95 Å². The first-order chi connectivity index (χ1) is 5.74. The Morgan fingerprint density at radius 2 is 2.42 bits per heavy atom. The highest BCUT2D eigenvalue weighted by atomic mass is 19.1. The van der Waals surface area contributed by atoms with Crippen LogP contribution in [0.25, 0.3) is 0 Å². The first-order valence-corrected chi connectivity index (χ1v) is 3.70. The Kier molecular flexibility index (Phi) is 3.13. The number of aromatic nitrogens is 1. The van der Waals surface area contributed by atoms with Gasteiger partial charge in [0, 0.05) is 17.8 Å². The molecule has 0 fully saturated rings. The molecule has 0 aliphatic carbocycles. The summed E-state index contributed by atoms with van der Waals surface area (Å²) in [6.45, 7) is -0.145. The van der Waals surface area contributed by atoms with Crippen molar-refractivity contribution in [2.24, 2.45) is 5.73 Å². The minimum absolute atomic E-state index is 0.145. The monoisotopic (exact) mass is 170 g/mol. The summed E-state index contributed by atoms with van der Waals surface area (Å²) >= 11 is 0. The summed E-state index contributed by atoms with van der Waals surface area (Å²) in [5.41, 5.74) is 5.87. The summed E-state index contributed by atoms with van der Waals surface area (Å²) in [6.07, 6.45) is 1.69. The average Bonchev–Trinajstić information content (AvgIpc) is 2.09. The molecule has 0 saturated carbocycles. The molecule has 0 radical (unpaired) electrons. The van der Waals surface area contributed by atoms with Crippen LogP contribution >= 0.6 is 0 Å². The Balaban J connectivity index is 2.69. The van der Waals surface area contributed by atoms with Crippen molar-refractivity contribution < 1.29 is 9.50 Å². The summed E-state index contributed by atoms with van der Waals surface area (Å²) in [7, 11) is 0. The van der Waals surface area contributed by atoms with Crippen LogP contribution in [0.3, 0.4) is 0 Å². The summed E-state index contributed by atoms with van der Waals surface area (Å²) in [5, 5.41) is 8.62. The Morgan fingerprint density at radius 1 is 1.67 bits per heavy atom. The molecule has 0 aromatic carbocycles. The van der Waals surface area contributed by atoms with Crippen molar-refractivity contribution in [3.8, 4) is 0 Å². The van der Waals surface area contributed by atoms with Gasteiger partial charge >= 0.3 is 0 Å². The SMILES string of the molecule is NC(CO)Cc1cccnc1F. The van der Waals surface area contributed by atoms with Crippen molar-refractivity contribution in [3.63, 3.8) is 0 Å². The van der Waals surface area contributed by atoms with Gasteiger partial charge in [0.1, 0.15) is 0 Å². The zero-order valence-electron chi connectivity index (χ0n) is 6.57. The van der Waals surface area contributed by atoms with Crippen LogP contribution in [0.5, 0.6) is 0 Å². The van der Waals surface area contributed by atoms with E-state index < -0.39 is 12.0 Å². The molecule has 3 nitrogen and oxygen atoms in total. The molecule has 0 amide bonds. The molecule has 4 heteroatoms. The largest absolute Gasteiger partial charge is 0.395 e. The average molecular weight is 170 g/mol. The van der Waals surface area contributed by atoms with Crippen molar-refractivity contribution in [1.29, 1.82) is 0 Å². The molecule has 12 heavy (non-hydrogen) atoms. The molecule has 3 N–H and O–H groups in total. The second kappa shape index (κ2) is 4.13. The summed E-state index contributed by atoms with van der Waals surface area (Å²) < 4.78 is 12.8. The van der Waals surface area contributed by atoms with E-state index in [1.165, 1.54) is 6.20 Å². The molecule has 1 atom stereocenters. The van der Waals surface area contributed by atoms with Crippen molar-refractivity contribution in [1.82, 2.24) is 4.98 Å². The predicted octanol–water partition coefficient (Wildman–Crippen LogP) is 0.0828. The summed E-state index contributed by atoms with van der Waals surface area (Å²) in [4.78, 5) is 3.46. The van der Waals surface area contributed by atoms with Crippen LogP contribution in [0, 0.1) is 5.95 Å². The van der Waals surface area contributed by atoms with Crippen molar-refractivity contribution >= 4 is 0 Å². The molecule has 1 aromatic heterocycles. The van der Waals surface area contributed by atoms with E-state index in [0.717, 1.165) is 0 Å². The smallest absolute Gasteiger partial charge is 0.216 e. The Morgan fingerprint density at radius 3 is 3.00 bits per heavy atom. The zero-order chi connectivity index (χ0) is 8.97. The van der Waals surface area contributed by atoms with Gasteiger partial charge in [-0.2, -0.15) is 4.39 Å². The molecule has 0 aliphatic heterocycles. The lowest BCUT2D eigenvalue weighted by Crippen LogP contribution is -2.27. The van der Waals surface area contributed by atoms with Crippen LogP contribution in [0.2, 0.25) is 0 Å². The van der Waals surface area contributed by atoms with Gasteiger partial charge in [-0.1, -0.05) is 6.07 Å². The molecule has 1 aromatic rings. The van der Waals surface area contributed by atoms with Crippen LogP contribution in [0.15, 0.2) is 18.3 Å². The van der Waals surface area contributed by atoms with Gasteiger partial charge in [0.05, 0.1) is 6.61 Å². The lowest BCUT2D eigenvalue weighted by Gasteiger charge is -2.07. The van der Waals surface area contributed by atoms with Crippen LogP contribution in [0.1, 0.15) is 5.56 Å². The van der Waals surface area contributed by atoms with E-state index in [2.05, 4.69) is 4.98 Å². The highest BCUT2D eigenvalue weighted by Gasteiger charge is 2.06. The molecule has 0 saturated heterocycles. The van der Waals surface area contributed by atoms with Crippen molar-refractivity contribution in [3.05, 3.63) is 29.8 Å². The van der Waals surface area contributed by atoms with Crippen molar-refractivity contribution in [2.45, 2.75) is 12.5 Å². The Bertz CT molecular complexity index is 255. The third kappa shape index (κ3) is 2.25. The fourth-order valence-electron chi connectivity index (χ4n) is 0.919. The fourth-order valence-corrected chi connectivity index (χ4v) is 0.919. The minimum atomic E-state index is -0.513. The number of hydrogen-bond donors (Lipinski definition) is 2. The van der Waals surface area contributed by atoms with E-state index in [1.54, 1.807) is 12.1 Å². The third-order valence-electron chi connectivity index (χ3n) is 1.55. The van der Waals surface area contributed by atoms with Gasteiger partial charge in [0.25, 0.3) is 0 Å². The van der Waals surface area contributed by atoms with Crippen LogP contribution in [-0.4, -0.2) is 22.7 Å². The summed E-state index contributed by atoms with van der Waals surface area (Å²) in [6, 6.07) is 2.84. The number of nitrogens with two attached hydrogens (primary N) is 1. The topological polar surface area (TPSA) is 59.1 Å². The van der Waals surface area contributed by atoms with Gasteiger partial charge < -0.3 is 10.8 Å². The second-order valence-corrected chi connectivity index (χ2v) is 2.60. The molecule has 0 aliphatic rings. The number of aliphatic hydroxyl groups is 1. The number of nitrogens with zero attached hydrogens (tertiary/aromatic N) is 1. The lowest BCUT2D eigenvalue weighted by atomic mass is 10.1. The lowest BCUT2D eigenvalue weighted by molar-refractivity contribution is 0.264. The van der Waals surface area contributed by atoms with Gasteiger partial charge in [-0.3, -0.25) is 0 Å². The van der Waals surface area contributed by atoms with Crippen LogP contribution in [-0.2, 0) is 6.42 Å². The highest BCUT2D eigenvalue weighted by molar-refractivity contribution is 5.12. The maximum atomic E-state index is 12.8. The van der Waals surface area contributed by atoms with E-state index in [0.29, 0.717) is 12.0 Å². The fraction of sp³-hybridized carbons (Fsp3) is 0.375. The standard InChI is InChI=1S/C8H11FN2O/c9-8-6(2-1-3-11-8)4-7(10)5-12/h1-3,7,12H,4-5,10H2. The maximum Gasteiger partial charge on any atom is 0.216 e. The van der Waals surface area contributed by atoms with Gasteiger partial charge in [-0.25, -0.2) is 4.98 Å². The van der Waals surface area contributed by atoms with Gasteiger partial charge in [-0.15, -0.1) is 0 Å². The highest BCUT2D eigenvalue weighted by Crippen LogP contribution is 2.04. The number of halogens is 1. The van der Waals surface area contributed by atoms with E-state index in [-0.39, 0.29) is 6.61 Å². The first kappa shape index (κ1) is 9.09. The number of aliphatic hydroxyl groups excluding tert-OH is 1. The normalized spacial score (nSPS) is 12.9. The first-order valence-electron chi connectivity index (χ1n) is 3.70. The number of rotatable bonds is 3. The van der Waals surface area contributed by atoms with Gasteiger partial charge in [-0.05, 0) is 12.5 Å². The van der Waals surface area contributed by atoms with E-state index in [1.807, 2.05) is 0 Å². The van der Waals surface area contributed by atoms with Crippen LogP contribution in [0.4, 0.5) is 4.39 Å². The molecular weight excluding hydrogens is 159 g/mol. The molecule has 1 heterocycles. The zero-order valence-corrected chi connectivity index (χ0v) is 6.57. The van der Waals surface area contributed by atoms with Gasteiger partial charge in [0.15, 0.2) is 0 Å². The minimum Gasteiger partial charge on any atom is -0.395 e. The molecule has 1 unspecified atom stereocenters. The number of pyridine rings is 1. The molecule has 0 bridgehead atoms. The quantitative estimate of drug-likeness (QED) is 0.632. The second-order valence-electron chi connectivity index (χ2n) is 2.60. The molecular formula is C8H11FN2O. The Hall–Kier alpha value is -1.00. The van der Waals surface area contributed by atoms with E-state index >= 15 is 0 Å². The Labute approximate surface area is 70.0 Å². The van der Waals surface area contributed by atoms with Crippen molar-refractivity contribution in [2.75, 3.05) is 6.61 Å². The van der Waals surface area contributed by atoms with Crippen LogP contribution < -0.4 is 5.73 Å². The molecule has 1 rings (SSSR count). The molecule has 0 spiro atoms.